The van der Waals surface area contributed by atoms with Crippen molar-refractivity contribution in [2.75, 3.05) is 0 Å². The first kappa shape index (κ1) is 13.6. The Morgan fingerprint density at radius 2 is 1.81 bits per heavy atom. The molecule has 0 radical (unpaired) electrons. The highest BCUT2D eigenvalue weighted by molar-refractivity contribution is 6.30. The molecule has 6 heteroatoms. The average Bonchev–Trinajstić information content (AvgIpc) is 2.96. The van der Waals surface area contributed by atoms with Gasteiger partial charge in [0.05, 0.1) is 5.56 Å². The molecule has 106 valence electrons. The maximum absolute atomic E-state index is 13.6. The molecule has 0 spiro atoms. The molecule has 0 amide bonds. The molecule has 2 aromatic carbocycles. The number of rotatable bonds is 4. The molecule has 3 rings (SSSR count). The monoisotopic (exact) mass is 304 g/mol. The highest BCUT2D eigenvalue weighted by Gasteiger charge is 2.12. The molecule has 0 saturated carbocycles. The van der Waals surface area contributed by atoms with Gasteiger partial charge in [0, 0.05) is 5.02 Å². The Morgan fingerprint density at radius 1 is 1.05 bits per heavy atom. The second-order valence-corrected chi connectivity index (χ2v) is 4.66. The molecule has 0 atom stereocenters. The summed E-state index contributed by atoms with van der Waals surface area (Å²) in [4.78, 5) is 0. The van der Waals surface area contributed by atoms with Crippen LogP contribution in [-0.2, 0) is 6.61 Å². The predicted molar refractivity (Wildman–Crippen MR) is 75.5 cm³/mol. The van der Waals surface area contributed by atoms with Crippen LogP contribution in [0.4, 0.5) is 4.39 Å². The summed E-state index contributed by atoms with van der Waals surface area (Å²) in [5.41, 5.74) is 0.266. The van der Waals surface area contributed by atoms with Crippen molar-refractivity contribution in [3.63, 3.8) is 0 Å². The number of ether oxygens (including phenoxy) is 1. The molecule has 0 saturated heterocycles. The maximum atomic E-state index is 13.6. The van der Waals surface area contributed by atoms with E-state index in [0.717, 1.165) is 0 Å². The highest BCUT2D eigenvalue weighted by atomic mass is 35.5. The fourth-order valence-electron chi connectivity index (χ4n) is 1.73. The van der Waals surface area contributed by atoms with Gasteiger partial charge in [-0.05, 0) is 36.4 Å². The molecule has 1 aromatic heterocycles. The Labute approximate surface area is 125 Å². The van der Waals surface area contributed by atoms with Crippen molar-refractivity contribution in [2.24, 2.45) is 0 Å². The first-order valence-corrected chi connectivity index (χ1v) is 6.56. The molecule has 4 nitrogen and oxygen atoms in total. The number of halogens is 2. The van der Waals surface area contributed by atoms with Crippen LogP contribution in [0, 0.1) is 5.82 Å². The van der Waals surface area contributed by atoms with E-state index in [0.29, 0.717) is 10.8 Å². The summed E-state index contributed by atoms with van der Waals surface area (Å²) >= 11 is 5.78. The third-order valence-corrected chi connectivity index (χ3v) is 3.00. The largest absolute Gasteiger partial charge is 0.484 e. The van der Waals surface area contributed by atoms with Crippen LogP contribution in [0.1, 0.15) is 5.89 Å². The Kier molecular flexibility index (Phi) is 3.83. The van der Waals surface area contributed by atoms with Gasteiger partial charge in [-0.25, -0.2) is 4.39 Å². The summed E-state index contributed by atoms with van der Waals surface area (Å²) in [5.74, 6) is 0.613. The smallest absolute Gasteiger partial charge is 0.254 e. The summed E-state index contributed by atoms with van der Waals surface area (Å²) in [6.45, 7) is 0.100. The van der Waals surface area contributed by atoms with E-state index < -0.39 is 5.82 Å². The zero-order valence-electron chi connectivity index (χ0n) is 10.8. The molecule has 0 aliphatic rings. The van der Waals surface area contributed by atoms with Gasteiger partial charge in [-0.2, -0.15) is 0 Å². The van der Waals surface area contributed by atoms with Gasteiger partial charge >= 0.3 is 0 Å². The molecular weight excluding hydrogens is 295 g/mol. The van der Waals surface area contributed by atoms with Crippen LogP contribution >= 0.6 is 11.6 Å². The molecule has 3 aromatic rings. The Balaban J connectivity index is 1.71. The van der Waals surface area contributed by atoms with Gasteiger partial charge in [-0.15, -0.1) is 10.2 Å². The fraction of sp³-hybridized carbons (Fsp3) is 0.0667. The lowest BCUT2D eigenvalue weighted by Crippen LogP contribution is -1.95. The maximum Gasteiger partial charge on any atom is 0.254 e. The van der Waals surface area contributed by atoms with Crippen LogP contribution in [0.25, 0.3) is 11.5 Å². The van der Waals surface area contributed by atoms with Crippen LogP contribution in [0.2, 0.25) is 5.02 Å². The van der Waals surface area contributed by atoms with Gasteiger partial charge in [0.25, 0.3) is 11.8 Å². The van der Waals surface area contributed by atoms with Crippen LogP contribution in [0.3, 0.4) is 0 Å². The van der Waals surface area contributed by atoms with Crippen molar-refractivity contribution < 1.29 is 13.5 Å². The van der Waals surface area contributed by atoms with Crippen LogP contribution in [-0.4, -0.2) is 10.2 Å². The van der Waals surface area contributed by atoms with Crippen molar-refractivity contribution in [2.45, 2.75) is 6.61 Å². The van der Waals surface area contributed by atoms with E-state index in [1.165, 1.54) is 6.07 Å². The summed E-state index contributed by atoms with van der Waals surface area (Å²) in [6.07, 6.45) is 0. The fourth-order valence-corrected chi connectivity index (χ4v) is 1.86. The second-order valence-electron chi connectivity index (χ2n) is 4.22. The number of hydrogen-bond acceptors (Lipinski definition) is 4. The van der Waals surface area contributed by atoms with E-state index in [1.54, 1.807) is 42.5 Å². The molecule has 0 bridgehead atoms. The number of aromatic nitrogens is 2. The van der Waals surface area contributed by atoms with E-state index in [2.05, 4.69) is 10.2 Å². The van der Waals surface area contributed by atoms with Crippen molar-refractivity contribution >= 4 is 11.6 Å². The molecule has 0 aliphatic heterocycles. The number of nitrogens with zero attached hydrogens (tertiary/aromatic N) is 2. The van der Waals surface area contributed by atoms with Gasteiger partial charge in [0.15, 0.2) is 6.61 Å². The number of benzene rings is 2. The van der Waals surface area contributed by atoms with Crippen molar-refractivity contribution in [1.82, 2.24) is 10.2 Å². The molecule has 0 fully saturated rings. The van der Waals surface area contributed by atoms with Gasteiger partial charge in [0.2, 0.25) is 0 Å². The van der Waals surface area contributed by atoms with E-state index in [-0.39, 0.29) is 24.0 Å². The topological polar surface area (TPSA) is 48.2 Å². The predicted octanol–water partition coefficient (Wildman–Crippen LogP) is 4.11. The Morgan fingerprint density at radius 3 is 2.57 bits per heavy atom. The third kappa shape index (κ3) is 3.20. The van der Waals surface area contributed by atoms with E-state index in [1.807, 2.05) is 0 Å². The normalized spacial score (nSPS) is 10.6. The molecule has 0 aliphatic carbocycles. The summed E-state index contributed by atoms with van der Waals surface area (Å²) < 4.78 is 24.5. The molecule has 0 unspecified atom stereocenters. The second kappa shape index (κ2) is 5.93. The minimum Gasteiger partial charge on any atom is -0.484 e. The van der Waals surface area contributed by atoms with Crippen LogP contribution in [0.15, 0.2) is 52.9 Å². The van der Waals surface area contributed by atoms with Gasteiger partial charge in [0.1, 0.15) is 11.6 Å². The van der Waals surface area contributed by atoms with Gasteiger partial charge < -0.3 is 9.15 Å². The lowest BCUT2D eigenvalue weighted by molar-refractivity contribution is 0.264. The van der Waals surface area contributed by atoms with E-state index in [9.17, 15) is 4.39 Å². The molecule has 1 heterocycles. The Hall–Kier alpha value is -2.40. The van der Waals surface area contributed by atoms with Crippen molar-refractivity contribution in [3.8, 4) is 17.2 Å². The van der Waals surface area contributed by atoms with Gasteiger partial charge in [-0.3, -0.25) is 0 Å². The lowest BCUT2D eigenvalue weighted by atomic mass is 10.2. The third-order valence-electron chi connectivity index (χ3n) is 2.75. The summed E-state index contributed by atoms with van der Waals surface area (Å²) in [6, 6.07) is 13.1. The van der Waals surface area contributed by atoms with Gasteiger partial charge in [-0.1, -0.05) is 23.7 Å². The van der Waals surface area contributed by atoms with E-state index in [4.69, 9.17) is 20.8 Å². The first-order chi connectivity index (χ1) is 10.2. The van der Waals surface area contributed by atoms with Crippen LogP contribution in [0.5, 0.6) is 5.75 Å². The number of hydrogen-bond donors (Lipinski definition) is 0. The minimum absolute atomic E-state index is 0.100. The summed E-state index contributed by atoms with van der Waals surface area (Å²) in [5, 5.41) is 8.27. The molecule has 21 heavy (non-hydrogen) atoms. The summed E-state index contributed by atoms with van der Waals surface area (Å²) in [7, 11) is 0. The highest BCUT2D eigenvalue weighted by Crippen LogP contribution is 2.22. The minimum atomic E-state index is -0.411. The molecular formula is C15H10ClFN2O2. The first-order valence-electron chi connectivity index (χ1n) is 6.18. The standard InChI is InChI=1S/C15H10ClFN2O2/c16-10-5-7-11(8-6-10)20-9-14-18-19-15(21-14)12-3-1-2-4-13(12)17/h1-8H,9H2. The van der Waals surface area contributed by atoms with E-state index >= 15 is 0 Å². The molecule has 0 N–H and O–H groups in total. The quantitative estimate of drug-likeness (QED) is 0.728. The average molecular weight is 305 g/mol. The van der Waals surface area contributed by atoms with Crippen molar-refractivity contribution in [3.05, 3.63) is 65.3 Å². The van der Waals surface area contributed by atoms with Crippen LogP contribution < -0.4 is 4.74 Å². The zero-order chi connectivity index (χ0) is 14.7. The SMILES string of the molecule is Fc1ccccc1-c1nnc(COc2ccc(Cl)cc2)o1. The Bertz CT molecular complexity index is 743. The zero-order valence-corrected chi connectivity index (χ0v) is 11.5. The van der Waals surface area contributed by atoms with Crippen molar-refractivity contribution in [1.29, 1.82) is 0 Å². The lowest BCUT2D eigenvalue weighted by Gasteiger charge is -2.02.